The largest absolute Gasteiger partial charge is 0.416 e. The molecule has 0 atom stereocenters. The maximum Gasteiger partial charge on any atom is 0.416 e. The lowest BCUT2D eigenvalue weighted by Crippen LogP contribution is -2.42. The van der Waals surface area contributed by atoms with E-state index in [4.69, 9.17) is 0 Å². The van der Waals surface area contributed by atoms with Crippen LogP contribution in [0, 0.1) is 5.92 Å². The molecule has 9 heteroatoms. The summed E-state index contributed by atoms with van der Waals surface area (Å²) < 4.78 is 64.6. The van der Waals surface area contributed by atoms with E-state index in [1.54, 1.807) is 13.1 Å². The summed E-state index contributed by atoms with van der Waals surface area (Å²) in [6.45, 7) is 0.674. The van der Waals surface area contributed by atoms with Crippen LogP contribution in [0.4, 0.5) is 13.2 Å². The second kappa shape index (κ2) is 9.87. The monoisotopic (exact) mass is 466 g/mol. The Labute approximate surface area is 186 Å². The molecule has 2 aromatic carbocycles. The van der Waals surface area contributed by atoms with Crippen molar-refractivity contribution in [2.45, 2.75) is 25.6 Å². The third-order valence-corrected chi connectivity index (χ3v) is 7.04. The molecule has 0 aromatic heterocycles. The molecule has 0 radical (unpaired) electrons. The summed E-state index contributed by atoms with van der Waals surface area (Å²) in [4.78, 5) is 14.2. The fourth-order valence-electron chi connectivity index (χ4n) is 3.63. The van der Waals surface area contributed by atoms with Crippen molar-refractivity contribution in [1.29, 1.82) is 0 Å². The molecular weight excluding hydrogens is 441 g/mol. The van der Waals surface area contributed by atoms with Gasteiger partial charge in [0.25, 0.3) is 0 Å². The number of halogens is 3. The van der Waals surface area contributed by atoms with Gasteiger partial charge in [-0.2, -0.15) is 17.5 Å². The zero-order valence-electron chi connectivity index (χ0n) is 17.6. The Kier molecular flexibility index (Phi) is 7.40. The predicted octanol–water partition coefficient (Wildman–Crippen LogP) is 4.38. The van der Waals surface area contributed by atoms with Crippen LogP contribution in [0.3, 0.4) is 0 Å². The first kappa shape index (κ1) is 24.0. The fourth-order valence-corrected chi connectivity index (χ4v) is 4.86. The van der Waals surface area contributed by atoms with Crippen LogP contribution in [0.25, 0.3) is 6.08 Å². The zero-order chi connectivity index (χ0) is 23.4. The maximum atomic E-state index is 12.8. The summed E-state index contributed by atoms with van der Waals surface area (Å²) >= 11 is 0. The Bertz CT molecular complexity index is 1040. The van der Waals surface area contributed by atoms with E-state index in [1.807, 2.05) is 30.3 Å². The topological polar surface area (TPSA) is 57.7 Å². The van der Waals surface area contributed by atoms with E-state index in [9.17, 15) is 26.4 Å². The molecule has 0 unspecified atom stereocenters. The molecule has 2 aromatic rings. The van der Waals surface area contributed by atoms with Gasteiger partial charge in [0.1, 0.15) is 0 Å². The Morgan fingerprint density at radius 1 is 1.06 bits per heavy atom. The molecule has 1 fully saturated rings. The number of alkyl halides is 3. The van der Waals surface area contributed by atoms with Gasteiger partial charge in [0, 0.05) is 38.0 Å². The quantitative estimate of drug-likeness (QED) is 0.635. The van der Waals surface area contributed by atoms with Crippen LogP contribution in [0.15, 0.2) is 60.0 Å². The summed E-state index contributed by atoms with van der Waals surface area (Å²) in [5.41, 5.74) is 0.649. The van der Waals surface area contributed by atoms with Crippen molar-refractivity contribution in [2.75, 3.05) is 20.1 Å². The molecule has 0 N–H and O–H groups in total. The van der Waals surface area contributed by atoms with Gasteiger partial charge in [-0.15, -0.1) is 0 Å². The van der Waals surface area contributed by atoms with Crippen LogP contribution in [0.5, 0.6) is 0 Å². The van der Waals surface area contributed by atoms with Gasteiger partial charge in [-0.1, -0.05) is 42.5 Å². The molecule has 172 valence electrons. The number of nitrogens with zero attached hydrogens (tertiary/aromatic N) is 2. The molecule has 0 spiro atoms. The first-order chi connectivity index (χ1) is 15.1. The number of hydrogen-bond donors (Lipinski definition) is 0. The smallest absolute Gasteiger partial charge is 0.341 e. The highest BCUT2D eigenvalue weighted by Crippen LogP contribution is 2.29. The normalized spacial score (nSPS) is 16.4. The lowest BCUT2D eigenvalue weighted by Gasteiger charge is -2.32. The third kappa shape index (κ3) is 6.20. The van der Waals surface area contributed by atoms with E-state index in [2.05, 4.69) is 0 Å². The Balaban J connectivity index is 1.54. The molecular formula is C23H25F3N2O3S. The van der Waals surface area contributed by atoms with Crippen LogP contribution in [0.1, 0.15) is 29.5 Å². The van der Waals surface area contributed by atoms with Crippen molar-refractivity contribution in [1.82, 2.24) is 9.21 Å². The maximum absolute atomic E-state index is 12.8. The van der Waals surface area contributed by atoms with E-state index in [0.717, 1.165) is 17.7 Å². The summed E-state index contributed by atoms with van der Waals surface area (Å²) in [5, 5.41) is 1.18. The van der Waals surface area contributed by atoms with Crippen LogP contribution in [-0.2, 0) is 27.5 Å². The van der Waals surface area contributed by atoms with Crippen molar-refractivity contribution in [2.24, 2.45) is 5.92 Å². The van der Waals surface area contributed by atoms with Crippen LogP contribution >= 0.6 is 0 Å². The summed E-state index contributed by atoms with van der Waals surface area (Å²) in [7, 11) is -1.98. The Morgan fingerprint density at radius 3 is 2.22 bits per heavy atom. The number of hydrogen-bond acceptors (Lipinski definition) is 3. The average Bonchev–Trinajstić information content (AvgIpc) is 2.78. The summed E-state index contributed by atoms with van der Waals surface area (Å²) in [6, 6.07) is 13.8. The lowest BCUT2D eigenvalue weighted by molar-refractivity contribution is -0.138. The molecule has 1 amide bonds. The van der Waals surface area contributed by atoms with Gasteiger partial charge in [0.15, 0.2) is 0 Å². The minimum atomic E-state index is -4.40. The minimum Gasteiger partial charge on any atom is -0.341 e. The molecule has 1 saturated heterocycles. The predicted molar refractivity (Wildman–Crippen MR) is 117 cm³/mol. The van der Waals surface area contributed by atoms with Crippen molar-refractivity contribution in [3.05, 3.63) is 76.7 Å². The van der Waals surface area contributed by atoms with Crippen molar-refractivity contribution in [3.8, 4) is 0 Å². The SMILES string of the molecule is CN(Cc1ccc(C(F)(F)F)cc1)C(=O)C1CCN(S(=O)(=O)/C=C/c2ccccc2)CC1. The van der Waals surface area contributed by atoms with Gasteiger partial charge in [0.2, 0.25) is 15.9 Å². The molecule has 32 heavy (non-hydrogen) atoms. The van der Waals surface area contributed by atoms with E-state index < -0.39 is 21.8 Å². The molecule has 0 aliphatic carbocycles. The first-order valence-electron chi connectivity index (χ1n) is 10.2. The standard InChI is InChI=1S/C23H25F3N2O3S/c1-27(17-19-7-9-21(10-8-19)23(24,25)26)22(29)20-11-14-28(15-12-20)32(30,31)16-13-18-5-3-2-4-6-18/h2-10,13,16,20H,11-12,14-15,17H2,1H3/b16-13+. The van der Waals surface area contributed by atoms with Crippen LogP contribution in [0.2, 0.25) is 0 Å². The highest BCUT2D eigenvalue weighted by Gasteiger charge is 2.32. The molecule has 0 bridgehead atoms. The van der Waals surface area contributed by atoms with Gasteiger partial charge in [-0.3, -0.25) is 4.79 Å². The van der Waals surface area contributed by atoms with Crippen LogP contribution in [-0.4, -0.2) is 43.7 Å². The molecule has 1 aliphatic rings. The van der Waals surface area contributed by atoms with Crippen molar-refractivity contribution >= 4 is 22.0 Å². The lowest BCUT2D eigenvalue weighted by atomic mass is 9.96. The first-order valence-corrected chi connectivity index (χ1v) is 11.7. The van der Waals surface area contributed by atoms with E-state index in [-0.39, 0.29) is 31.5 Å². The van der Waals surface area contributed by atoms with Gasteiger partial charge in [-0.05, 0) is 42.2 Å². The minimum absolute atomic E-state index is 0.137. The molecule has 0 saturated carbocycles. The third-order valence-electron chi connectivity index (χ3n) is 5.47. The Hall–Kier alpha value is -2.65. The Morgan fingerprint density at radius 2 is 1.66 bits per heavy atom. The van der Waals surface area contributed by atoms with Crippen molar-refractivity contribution in [3.63, 3.8) is 0 Å². The van der Waals surface area contributed by atoms with E-state index in [1.165, 1.54) is 26.7 Å². The highest BCUT2D eigenvalue weighted by atomic mass is 32.2. The van der Waals surface area contributed by atoms with Gasteiger partial charge in [-0.25, -0.2) is 8.42 Å². The van der Waals surface area contributed by atoms with E-state index in [0.29, 0.717) is 18.4 Å². The highest BCUT2D eigenvalue weighted by molar-refractivity contribution is 7.92. The average molecular weight is 467 g/mol. The zero-order valence-corrected chi connectivity index (χ0v) is 18.4. The molecule has 1 aliphatic heterocycles. The van der Waals surface area contributed by atoms with E-state index >= 15 is 0 Å². The second-order valence-electron chi connectivity index (χ2n) is 7.82. The number of amides is 1. The van der Waals surface area contributed by atoms with Gasteiger partial charge < -0.3 is 4.90 Å². The van der Waals surface area contributed by atoms with Crippen LogP contribution < -0.4 is 0 Å². The summed E-state index contributed by atoms with van der Waals surface area (Å²) in [6.07, 6.45) is -2.06. The number of carbonyl (C=O) groups is 1. The second-order valence-corrected chi connectivity index (χ2v) is 9.64. The molecule has 3 rings (SSSR count). The molecule has 1 heterocycles. The number of benzene rings is 2. The summed E-state index contributed by atoms with van der Waals surface area (Å²) in [5.74, 6) is -0.458. The van der Waals surface area contributed by atoms with Crippen molar-refractivity contribution < 1.29 is 26.4 Å². The fraction of sp³-hybridized carbons (Fsp3) is 0.348. The number of carbonyl (C=O) groups excluding carboxylic acids is 1. The number of rotatable bonds is 6. The molecule has 5 nitrogen and oxygen atoms in total. The number of piperidine rings is 1. The van der Waals surface area contributed by atoms with Gasteiger partial charge >= 0.3 is 6.18 Å². The van der Waals surface area contributed by atoms with Gasteiger partial charge in [0.05, 0.1) is 5.56 Å². The number of sulfonamides is 1.